The van der Waals surface area contributed by atoms with Crippen molar-refractivity contribution in [1.82, 2.24) is 9.80 Å². The summed E-state index contributed by atoms with van der Waals surface area (Å²) in [4.78, 5) is 28.6. The van der Waals surface area contributed by atoms with Crippen molar-refractivity contribution in [3.05, 3.63) is 39.9 Å². The van der Waals surface area contributed by atoms with Gasteiger partial charge >= 0.3 is 5.97 Å². The first kappa shape index (κ1) is 29.9. The van der Waals surface area contributed by atoms with E-state index >= 15 is 0 Å². The molecule has 1 atom stereocenters. The topological polar surface area (TPSA) is 86.8 Å². The van der Waals surface area contributed by atoms with Gasteiger partial charge in [-0.15, -0.1) is 0 Å². The number of fused-ring (bicyclic) bond motifs is 1. The number of methoxy groups -OCH3 is 3. The van der Waals surface area contributed by atoms with E-state index in [2.05, 4.69) is 4.90 Å². The van der Waals surface area contributed by atoms with Gasteiger partial charge in [0.25, 0.3) is 5.24 Å². The number of piperazine rings is 1. The van der Waals surface area contributed by atoms with E-state index in [0.29, 0.717) is 49.1 Å². The average molecular weight is 573 g/mol. The van der Waals surface area contributed by atoms with Gasteiger partial charge in [-0.1, -0.05) is 6.07 Å². The van der Waals surface area contributed by atoms with Crippen molar-refractivity contribution < 1.29 is 33.3 Å². The lowest BCUT2D eigenvalue weighted by atomic mass is 9.91. The molecule has 2 aliphatic heterocycles. The highest BCUT2D eigenvalue weighted by molar-refractivity contribution is 8.14. The van der Waals surface area contributed by atoms with E-state index in [0.717, 1.165) is 53.1 Å². The Labute approximate surface area is 241 Å². The van der Waals surface area contributed by atoms with Gasteiger partial charge < -0.3 is 28.6 Å². The van der Waals surface area contributed by atoms with Gasteiger partial charge in [-0.25, -0.2) is 0 Å². The Hall–Kier alpha value is -3.11. The molecule has 4 rings (SSSR count). The van der Waals surface area contributed by atoms with Crippen molar-refractivity contribution in [1.29, 1.82) is 0 Å². The van der Waals surface area contributed by atoms with Crippen molar-refractivity contribution in [2.75, 3.05) is 47.5 Å². The number of carbonyl (C=O) groups is 2. The van der Waals surface area contributed by atoms with Gasteiger partial charge in [0.15, 0.2) is 16.4 Å². The molecule has 0 spiro atoms. The van der Waals surface area contributed by atoms with Crippen LogP contribution in [0.1, 0.15) is 48.1 Å². The summed E-state index contributed by atoms with van der Waals surface area (Å²) in [7, 11) is 4.84. The lowest BCUT2D eigenvalue weighted by molar-refractivity contribution is -0.132. The Morgan fingerprint density at radius 1 is 0.925 bits per heavy atom. The molecule has 0 bridgehead atoms. The quantitative estimate of drug-likeness (QED) is 0.325. The maximum Gasteiger partial charge on any atom is 0.308 e. The van der Waals surface area contributed by atoms with Gasteiger partial charge in [-0.2, -0.15) is 0 Å². The SMILES string of the molecule is COc1ccc(CN2CCN(C(=O)SC3(C)CCc4c(C)c(OC(C)=O)c(C)c(C)c4O3)CC2)c(OC)c1OC. The minimum Gasteiger partial charge on any atom is -0.493 e. The Kier molecular flexibility index (Phi) is 9.09. The summed E-state index contributed by atoms with van der Waals surface area (Å²) in [6, 6.07) is 3.88. The monoisotopic (exact) mass is 572 g/mol. The number of nitrogens with zero attached hydrogens (tertiary/aromatic N) is 2. The van der Waals surface area contributed by atoms with Crippen LogP contribution in [0.4, 0.5) is 4.79 Å². The number of amides is 1. The minimum absolute atomic E-state index is 0.0249. The lowest BCUT2D eigenvalue weighted by Crippen LogP contribution is -2.48. The molecule has 1 fully saturated rings. The van der Waals surface area contributed by atoms with Crippen LogP contribution in [0, 0.1) is 20.8 Å². The summed E-state index contributed by atoms with van der Waals surface area (Å²) < 4.78 is 28.6. The van der Waals surface area contributed by atoms with E-state index in [1.165, 1.54) is 18.7 Å². The van der Waals surface area contributed by atoms with Gasteiger partial charge in [0.2, 0.25) is 5.75 Å². The third-order valence-corrected chi connectivity index (χ3v) is 8.97. The van der Waals surface area contributed by atoms with E-state index < -0.39 is 4.93 Å². The van der Waals surface area contributed by atoms with Gasteiger partial charge in [-0.05, 0) is 68.6 Å². The van der Waals surface area contributed by atoms with Crippen LogP contribution in [0.2, 0.25) is 0 Å². The third kappa shape index (κ3) is 5.98. The summed E-state index contributed by atoms with van der Waals surface area (Å²) in [6.45, 7) is 12.7. The number of ether oxygens (including phenoxy) is 5. The van der Waals surface area contributed by atoms with E-state index in [1.807, 2.05) is 44.7 Å². The first-order valence-electron chi connectivity index (χ1n) is 13.5. The largest absolute Gasteiger partial charge is 0.493 e. The van der Waals surface area contributed by atoms with Gasteiger partial charge in [0.05, 0.1) is 21.3 Å². The fourth-order valence-corrected chi connectivity index (χ4v) is 6.46. The zero-order valence-electron chi connectivity index (χ0n) is 24.8. The van der Waals surface area contributed by atoms with E-state index in [1.54, 1.807) is 21.3 Å². The highest BCUT2D eigenvalue weighted by Crippen LogP contribution is 2.47. The maximum atomic E-state index is 13.4. The van der Waals surface area contributed by atoms with Crippen LogP contribution in [0.5, 0.6) is 28.7 Å². The van der Waals surface area contributed by atoms with Crippen LogP contribution >= 0.6 is 11.8 Å². The van der Waals surface area contributed by atoms with Gasteiger partial charge in [0.1, 0.15) is 11.5 Å². The minimum atomic E-state index is -0.680. The highest BCUT2D eigenvalue weighted by Gasteiger charge is 2.39. The second-order valence-electron chi connectivity index (χ2n) is 10.5. The number of hydrogen-bond donors (Lipinski definition) is 0. The molecule has 2 heterocycles. The standard InChI is InChI=1S/C30H40N2O7S/c1-18-19(2)26-23(20(3)25(18)38-21(4)33)11-12-30(5,39-26)40-29(34)32-15-13-31(14-16-32)17-22-9-10-24(35-6)28(37-8)27(22)36-7/h9-10H,11-17H2,1-8H3. The lowest BCUT2D eigenvalue weighted by Gasteiger charge is -2.39. The molecule has 2 aliphatic rings. The number of hydrogen-bond acceptors (Lipinski definition) is 9. The molecular formula is C30H40N2O7S. The predicted octanol–water partition coefficient (Wildman–Crippen LogP) is 5.28. The Balaban J connectivity index is 1.39. The molecule has 10 heteroatoms. The number of carbonyl (C=O) groups excluding carboxylic acids is 2. The fourth-order valence-electron chi connectivity index (χ4n) is 5.45. The normalized spacial score (nSPS) is 18.9. The molecule has 0 N–H and O–H groups in total. The number of benzene rings is 2. The van der Waals surface area contributed by atoms with Crippen LogP contribution in [0.25, 0.3) is 0 Å². The maximum absolute atomic E-state index is 13.4. The average Bonchev–Trinajstić information content (AvgIpc) is 2.93. The summed E-state index contributed by atoms with van der Waals surface area (Å²) in [5, 5.41) is 0.0249. The molecule has 0 aromatic heterocycles. The second kappa shape index (κ2) is 12.2. The first-order chi connectivity index (χ1) is 19.0. The predicted molar refractivity (Wildman–Crippen MR) is 155 cm³/mol. The molecular weight excluding hydrogens is 532 g/mol. The van der Waals surface area contributed by atoms with Crippen molar-refractivity contribution in [2.24, 2.45) is 0 Å². The zero-order valence-corrected chi connectivity index (χ0v) is 25.6. The van der Waals surface area contributed by atoms with Gasteiger partial charge in [0, 0.05) is 57.2 Å². The van der Waals surface area contributed by atoms with Crippen LogP contribution in [0.15, 0.2) is 12.1 Å². The molecule has 40 heavy (non-hydrogen) atoms. The van der Waals surface area contributed by atoms with Crippen molar-refractivity contribution >= 4 is 23.0 Å². The second-order valence-corrected chi connectivity index (χ2v) is 11.9. The van der Waals surface area contributed by atoms with Crippen molar-refractivity contribution in [3.8, 4) is 28.7 Å². The summed E-state index contributed by atoms with van der Waals surface area (Å²) in [5.41, 5.74) is 4.80. The Morgan fingerprint density at radius 2 is 1.60 bits per heavy atom. The molecule has 1 saturated heterocycles. The van der Waals surface area contributed by atoms with Crippen LogP contribution in [-0.2, 0) is 17.8 Å². The van der Waals surface area contributed by atoms with Gasteiger partial charge in [-0.3, -0.25) is 14.5 Å². The zero-order chi connectivity index (χ0) is 29.2. The molecule has 0 aliphatic carbocycles. The third-order valence-electron chi connectivity index (χ3n) is 7.82. The molecule has 2 aromatic carbocycles. The Bertz CT molecular complexity index is 1290. The van der Waals surface area contributed by atoms with Crippen LogP contribution < -0.4 is 23.7 Å². The summed E-state index contributed by atoms with van der Waals surface area (Å²) >= 11 is 1.26. The molecule has 9 nitrogen and oxygen atoms in total. The molecule has 0 saturated carbocycles. The summed E-state index contributed by atoms with van der Waals surface area (Å²) in [5.74, 6) is 2.95. The number of esters is 1. The van der Waals surface area contributed by atoms with Crippen LogP contribution in [0.3, 0.4) is 0 Å². The van der Waals surface area contributed by atoms with Crippen molar-refractivity contribution in [3.63, 3.8) is 0 Å². The Morgan fingerprint density at radius 3 is 2.20 bits per heavy atom. The molecule has 0 radical (unpaired) electrons. The molecule has 1 amide bonds. The van der Waals surface area contributed by atoms with Crippen molar-refractivity contribution in [2.45, 2.75) is 58.9 Å². The molecule has 1 unspecified atom stereocenters. The summed E-state index contributed by atoms with van der Waals surface area (Å²) in [6.07, 6.45) is 1.42. The van der Waals surface area contributed by atoms with Crippen LogP contribution in [-0.4, -0.2) is 73.4 Å². The fraction of sp³-hybridized carbons (Fsp3) is 0.533. The highest BCUT2D eigenvalue weighted by atomic mass is 32.2. The van der Waals surface area contributed by atoms with E-state index in [4.69, 9.17) is 23.7 Å². The first-order valence-corrected chi connectivity index (χ1v) is 14.3. The van der Waals surface area contributed by atoms with E-state index in [-0.39, 0.29) is 11.2 Å². The smallest absolute Gasteiger partial charge is 0.308 e. The molecule has 218 valence electrons. The number of thioether (sulfide) groups is 1. The van der Waals surface area contributed by atoms with E-state index in [9.17, 15) is 9.59 Å². The molecule has 2 aromatic rings. The number of rotatable bonds is 7.